The molecule has 1 fully saturated rings. The standard InChI is InChI=1S/C23H22N2O4/c1-22(2)17-13-15(25-20(27)8-9-21(25)28)4-6-18(17)24(3)23(22)11-10-14-12-16(26)5-7-19(14)29-23/h4-7,10-13,26H,8-9H2,1-3H3. The van der Waals surface area contributed by atoms with Crippen LogP contribution in [0.1, 0.15) is 37.8 Å². The van der Waals surface area contributed by atoms with Crippen LogP contribution < -0.4 is 14.5 Å². The van der Waals surface area contributed by atoms with Gasteiger partial charge in [0.25, 0.3) is 0 Å². The van der Waals surface area contributed by atoms with Gasteiger partial charge in [0.05, 0.1) is 11.1 Å². The third-order valence-corrected chi connectivity index (χ3v) is 6.47. The number of amides is 2. The molecular weight excluding hydrogens is 368 g/mol. The van der Waals surface area contributed by atoms with Crippen LogP contribution in [0.2, 0.25) is 0 Å². The molecule has 0 aliphatic carbocycles. The summed E-state index contributed by atoms with van der Waals surface area (Å²) < 4.78 is 6.53. The Kier molecular flexibility index (Phi) is 3.45. The molecule has 148 valence electrons. The highest BCUT2D eigenvalue weighted by atomic mass is 16.5. The van der Waals surface area contributed by atoms with Crippen LogP contribution in [0.3, 0.4) is 0 Å². The summed E-state index contributed by atoms with van der Waals surface area (Å²) in [6.45, 7) is 4.20. The molecule has 1 spiro atoms. The van der Waals surface area contributed by atoms with Gasteiger partial charge in [-0.05, 0) is 68.0 Å². The Labute approximate surface area is 169 Å². The minimum atomic E-state index is -0.767. The Morgan fingerprint density at radius 2 is 1.76 bits per heavy atom. The first kappa shape index (κ1) is 17.8. The Balaban J connectivity index is 1.61. The number of anilines is 2. The second-order valence-electron chi connectivity index (χ2n) is 8.36. The van der Waals surface area contributed by atoms with Crippen molar-refractivity contribution in [1.82, 2.24) is 0 Å². The SMILES string of the molecule is CN1c2ccc(N3C(=O)CCC3=O)cc2C(C)(C)C12C=Cc1cc(O)ccc1O2. The number of phenols is 1. The average molecular weight is 390 g/mol. The molecule has 2 aromatic carbocycles. The van der Waals surface area contributed by atoms with E-state index in [1.807, 2.05) is 37.4 Å². The van der Waals surface area contributed by atoms with Gasteiger partial charge in [0.15, 0.2) is 0 Å². The average Bonchev–Trinajstić information content (AvgIpc) is 3.10. The van der Waals surface area contributed by atoms with E-state index in [4.69, 9.17) is 4.74 Å². The molecule has 0 aromatic heterocycles. The number of carbonyl (C=O) groups is 2. The van der Waals surface area contributed by atoms with Crippen molar-refractivity contribution in [3.05, 3.63) is 53.6 Å². The summed E-state index contributed by atoms with van der Waals surface area (Å²) in [5.41, 5.74) is 2.20. The van der Waals surface area contributed by atoms with E-state index in [9.17, 15) is 14.7 Å². The number of carbonyl (C=O) groups excluding carboxylic acids is 2. The van der Waals surface area contributed by atoms with Crippen molar-refractivity contribution in [3.63, 3.8) is 0 Å². The lowest BCUT2D eigenvalue weighted by Crippen LogP contribution is -2.58. The zero-order valence-corrected chi connectivity index (χ0v) is 16.6. The van der Waals surface area contributed by atoms with Gasteiger partial charge < -0.3 is 14.7 Å². The molecule has 3 heterocycles. The van der Waals surface area contributed by atoms with Gasteiger partial charge in [-0.2, -0.15) is 0 Å². The fourth-order valence-electron chi connectivity index (χ4n) is 4.79. The van der Waals surface area contributed by atoms with Crippen molar-refractivity contribution in [2.45, 2.75) is 37.8 Å². The second kappa shape index (κ2) is 5.63. The van der Waals surface area contributed by atoms with Crippen molar-refractivity contribution in [2.24, 2.45) is 0 Å². The lowest BCUT2D eigenvalue weighted by molar-refractivity contribution is -0.121. The van der Waals surface area contributed by atoms with Crippen molar-refractivity contribution in [2.75, 3.05) is 16.8 Å². The highest BCUT2D eigenvalue weighted by Gasteiger charge is 2.57. The monoisotopic (exact) mass is 390 g/mol. The molecule has 1 saturated heterocycles. The number of ether oxygens (including phenoxy) is 1. The summed E-state index contributed by atoms with van der Waals surface area (Å²) >= 11 is 0. The predicted molar refractivity (Wildman–Crippen MR) is 110 cm³/mol. The van der Waals surface area contributed by atoms with Gasteiger partial charge in [0.1, 0.15) is 11.5 Å². The van der Waals surface area contributed by atoms with Gasteiger partial charge in [0, 0.05) is 31.1 Å². The van der Waals surface area contributed by atoms with E-state index in [2.05, 4.69) is 18.7 Å². The fraction of sp³-hybridized carbons (Fsp3) is 0.304. The number of aromatic hydroxyl groups is 1. The first-order valence-electron chi connectivity index (χ1n) is 9.70. The Morgan fingerprint density at radius 1 is 1.03 bits per heavy atom. The number of hydrogen-bond donors (Lipinski definition) is 1. The van der Waals surface area contributed by atoms with Crippen molar-refractivity contribution in [1.29, 1.82) is 0 Å². The number of hydrogen-bond acceptors (Lipinski definition) is 5. The molecular formula is C23H22N2O4. The summed E-state index contributed by atoms with van der Waals surface area (Å²) in [7, 11) is 1.98. The zero-order chi connectivity index (χ0) is 20.6. The van der Waals surface area contributed by atoms with Gasteiger partial charge in [-0.15, -0.1) is 0 Å². The van der Waals surface area contributed by atoms with Crippen molar-refractivity contribution < 1.29 is 19.4 Å². The molecule has 0 bridgehead atoms. The summed E-state index contributed by atoms with van der Waals surface area (Å²) in [4.78, 5) is 27.8. The van der Waals surface area contributed by atoms with E-state index < -0.39 is 11.1 Å². The van der Waals surface area contributed by atoms with Crippen LogP contribution in [0.4, 0.5) is 11.4 Å². The number of benzene rings is 2. The molecule has 3 aliphatic heterocycles. The van der Waals surface area contributed by atoms with E-state index in [1.165, 1.54) is 4.90 Å². The van der Waals surface area contributed by atoms with E-state index in [-0.39, 0.29) is 30.4 Å². The molecule has 5 rings (SSSR count). The smallest absolute Gasteiger partial charge is 0.234 e. The van der Waals surface area contributed by atoms with E-state index in [0.717, 1.165) is 16.8 Å². The Bertz CT molecular complexity index is 1090. The van der Waals surface area contributed by atoms with Crippen LogP contribution in [0.25, 0.3) is 6.08 Å². The minimum absolute atomic E-state index is 0.156. The first-order chi connectivity index (χ1) is 13.7. The van der Waals surface area contributed by atoms with Gasteiger partial charge in [-0.25, -0.2) is 0 Å². The molecule has 0 saturated carbocycles. The van der Waals surface area contributed by atoms with Crippen LogP contribution in [0.15, 0.2) is 42.5 Å². The summed E-state index contributed by atoms with van der Waals surface area (Å²) in [5, 5.41) is 9.76. The zero-order valence-electron chi connectivity index (χ0n) is 16.6. The maximum Gasteiger partial charge on any atom is 0.234 e. The number of fused-ring (bicyclic) bond motifs is 2. The molecule has 3 aliphatic rings. The second-order valence-corrected chi connectivity index (χ2v) is 8.36. The topological polar surface area (TPSA) is 70.1 Å². The Hall–Kier alpha value is -3.28. The minimum Gasteiger partial charge on any atom is -0.508 e. The summed E-state index contributed by atoms with van der Waals surface area (Å²) in [5.74, 6) is 0.579. The van der Waals surface area contributed by atoms with Gasteiger partial charge >= 0.3 is 0 Å². The summed E-state index contributed by atoms with van der Waals surface area (Å²) in [6, 6.07) is 10.8. The van der Waals surface area contributed by atoms with Gasteiger partial charge in [-0.1, -0.05) is 0 Å². The number of likely N-dealkylation sites (N-methyl/N-ethyl adjacent to an activating group) is 1. The van der Waals surface area contributed by atoms with E-state index >= 15 is 0 Å². The molecule has 1 atom stereocenters. The first-order valence-corrected chi connectivity index (χ1v) is 9.70. The summed E-state index contributed by atoms with van der Waals surface area (Å²) in [6.07, 6.45) is 4.51. The number of phenolic OH excluding ortho intramolecular Hbond substituents is 1. The van der Waals surface area contributed by atoms with Gasteiger partial charge in [0.2, 0.25) is 17.5 Å². The lowest BCUT2D eigenvalue weighted by atomic mass is 9.76. The van der Waals surface area contributed by atoms with Crippen molar-refractivity contribution in [3.8, 4) is 11.5 Å². The molecule has 6 heteroatoms. The molecule has 2 amide bonds. The van der Waals surface area contributed by atoms with Crippen LogP contribution in [-0.2, 0) is 15.0 Å². The Morgan fingerprint density at radius 3 is 2.48 bits per heavy atom. The molecule has 2 aromatic rings. The van der Waals surface area contributed by atoms with E-state index in [0.29, 0.717) is 11.4 Å². The van der Waals surface area contributed by atoms with Gasteiger partial charge in [-0.3, -0.25) is 14.5 Å². The maximum atomic E-state index is 12.2. The quantitative estimate of drug-likeness (QED) is 0.754. The third-order valence-electron chi connectivity index (χ3n) is 6.47. The van der Waals surface area contributed by atoms with Crippen molar-refractivity contribution >= 4 is 29.3 Å². The lowest BCUT2D eigenvalue weighted by Gasteiger charge is -2.45. The number of imide groups is 1. The van der Waals surface area contributed by atoms with Crippen LogP contribution in [0.5, 0.6) is 11.5 Å². The van der Waals surface area contributed by atoms with Crippen LogP contribution in [0, 0.1) is 0 Å². The molecule has 1 unspecified atom stereocenters. The largest absolute Gasteiger partial charge is 0.508 e. The number of rotatable bonds is 1. The highest BCUT2D eigenvalue weighted by molar-refractivity contribution is 6.20. The molecule has 6 nitrogen and oxygen atoms in total. The highest BCUT2D eigenvalue weighted by Crippen LogP contribution is 2.55. The molecule has 0 radical (unpaired) electrons. The molecule has 29 heavy (non-hydrogen) atoms. The molecule has 1 N–H and O–H groups in total. The third kappa shape index (κ3) is 2.23. The number of nitrogens with zero attached hydrogens (tertiary/aromatic N) is 2. The normalized spacial score (nSPS) is 24.1. The predicted octanol–water partition coefficient (Wildman–Crippen LogP) is 3.58. The van der Waals surface area contributed by atoms with E-state index in [1.54, 1.807) is 18.2 Å². The van der Waals surface area contributed by atoms with Crippen LogP contribution >= 0.6 is 0 Å². The fourth-order valence-corrected chi connectivity index (χ4v) is 4.79. The maximum absolute atomic E-state index is 12.2. The van der Waals surface area contributed by atoms with Crippen LogP contribution in [-0.4, -0.2) is 29.7 Å².